The summed E-state index contributed by atoms with van der Waals surface area (Å²) < 4.78 is 116. The second kappa shape index (κ2) is 31.2. The smallest absolute Gasteiger partial charge is 0.227 e. The third-order valence-corrected chi connectivity index (χ3v) is 37.9. The number of rotatable bonds is 4. The Morgan fingerprint density at radius 2 is 0.713 bits per heavy atom. The van der Waals surface area contributed by atoms with Gasteiger partial charge in [0.15, 0.2) is 61.6 Å². The molecular weight excluding hydrogens is 1570 g/mol. The van der Waals surface area contributed by atoms with Gasteiger partial charge in [-0.3, -0.25) is 19.2 Å². The van der Waals surface area contributed by atoms with Crippen molar-refractivity contribution in [1.29, 1.82) is 0 Å². The summed E-state index contributed by atoms with van der Waals surface area (Å²) in [5.41, 5.74) is -15.0. The minimum atomic E-state index is -1.98. The molecule has 0 aromatic carbocycles. The molecule has 4 aliphatic heterocycles. The lowest BCUT2D eigenvalue weighted by Gasteiger charge is -2.64. The van der Waals surface area contributed by atoms with Crippen molar-refractivity contribution in [3.05, 3.63) is 95.2 Å². The van der Waals surface area contributed by atoms with Crippen LogP contribution in [-0.4, -0.2) is 199 Å². The number of ketones is 4. The average Bonchev–Trinajstić information content (AvgIpc) is 1.46. The maximum absolute atomic E-state index is 17.3. The molecule has 20 aliphatic rings. The van der Waals surface area contributed by atoms with E-state index in [2.05, 4.69) is 67.5 Å². The predicted molar refractivity (Wildman–Crippen MR) is 446 cm³/mol. The summed E-state index contributed by atoms with van der Waals surface area (Å²) in [5, 5.41) is 87.0. The summed E-state index contributed by atoms with van der Waals surface area (Å²) in [4.78, 5) is 48.9. The molecule has 20 nitrogen and oxygen atoms in total. The van der Waals surface area contributed by atoms with E-state index in [9.17, 15) is 60.0 Å². The fraction of sp³-hybridized carbons (Fsp3) is 0.796. The highest BCUT2D eigenvalue weighted by atomic mass is 19.2. The molecule has 4 heterocycles. The van der Waals surface area contributed by atoms with Crippen LogP contribution in [0.4, 0.5) is 17.6 Å². The van der Waals surface area contributed by atoms with Gasteiger partial charge in [0.1, 0.15) is 60.2 Å². The zero-order valence-corrected chi connectivity index (χ0v) is 75.0. The summed E-state index contributed by atoms with van der Waals surface area (Å²) in [5.74, 6) is -6.14. The number of carbonyl (C=O) groups excluding carboxylic acids is 4. The van der Waals surface area contributed by atoms with Crippen LogP contribution < -0.4 is 0 Å². The maximum atomic E-state index is 17.3. The standard InChI is InChI=1S/C24H31FO6.C24H33FO5.C22H29FO5.C22H31FO4.2C3H8/c1-14-8-18-17-5-4-15-9-16(26)6-7-20(15,2)23(17,25)19(27)10-21(18,3)24(14)22(30-13-31-24)11-28-12-29-22;1-15-10-18-17-8-7-16-6-4-5-9-20(16,2)23(17,25)19(26)11-21(18,3)24(15)22(29-14-30-24)12-27-13-28-22;1-12-8-16-15-5-4-13-9-14(25)6-7-19(13,2)21(15,23)17(26)10-20(16,3)22(12,28)18(27)11-24;1-13-10-16-15-8-7-14-6-4-5-9-19(14,2)21(15,23)17(25)11-20(16,3)22(13,27)18(26)12-24;2*1-3-2/h6-7,9,14,17-19,27H,4-5,8,10-13H2,1-3H3;4-6,15,17-19,26H,7-14H2,1-3H3;6-7,9,12,15-17,24,26,28H,4-5,8,10-11H2,1-3H3;4-6,13,15-17,24-25,27H,7-12H2,1-3H3;2*3H2,1-2H3/t14-,17+,18+,19+,20+,21+,22?,23+,24-;15-,17+,18+,19+,20+,21+,22?,23+,24-;12-,15+,16+,17+,19+,20+,21+,22+;13-,15+,16+,17+,19+,20+,21+,22+;;/m1111../s1. The number of aliphatic hydroxyl groups excluding tert-OH is 6. The molecule has 680 valence electrons. The van der Waals surface area contributed by atoms with E-state index in [1.165, 1.54) is 31.1 Å². The third kappa shape index (κ3) is 11.5. The van der Waals surface area contributed by atoms with E-state index < -0.39 is 167 Å². The van der Waals surface area contributed by atoms with Gasteiger partial charge in [0, 0.05) is 67.0 Å². The van der Waals surface area contributed by atoms with Crippen LogP contribution in [0.1, 0.15) is 239 Å². The second-order valence-corrected chi connectivity index (χ2v) is 42.8. The van der Waals surface area contributed by atoms with Crippen LogP contribution in [0, 0.1) is 114 Å². The van der Waals surface area contributed by atoms with Gasteiger partial charge in [-0.25, -0.2) is 17.6 Å². The van der Waals surface area contributed by atoms with Crippen LogP contribution in [0.25, 0.3) is 0 Å². The molecule has 8 N–H and O–H groups in total. The molecule has 4 saturated heterocycles. The van der Waals surface area contributed by atoms with E-state index >= 15 is 17.6 Å². The van der Waals surface area contributed by atoms with Gasteiger partial charge in [-0.1, -0.05) is 181 Å². The number of fused-ring (bicyclic) bond motifs is 24. The Hall–Kier alpha value is -4.32. The minimum absolute atomic E-state index is 0.0110. The van der Waals surface area contributed by atoms with Crippen molar-refractivity contribution in [2.75, 3.05) is 53.6 Å². The van der Waals surface area contributed by atoms with Crippen LogP contribution in [0.5, 0.6) is 0 Å². The van der Waals surface area contributed by atoms with E-state index in [1.54, 1.807) is 39.0 Å². The van der Waals surface area contributed by atoms with Gasteiger partial charge in [-0.05, 0) is 201 Å². The Morgan fingerprint density at radius 1 is 0.418 bits per heavy atom. The molecule has 122 heavy (non-hydrogen) atoms. The highest BCUT2D eigenvalue weighted by molar-refractivity contribution is 6.02. The molecule has 16 fully saturated rings. The van der Waals surface area contributed by atoms with Crippen LogP contribution >= 0.6 is 0 Å². The molecule has 12 saturated carbocycles. The van der Waals surface area contributed by atoms with Gasteiger partial charge >= 0.3 is 0 Å². The van der Waals surface area contributed by atoms with E-state index in [4.69, 9.17) is 37.9 Å². The van der Waals surface area contributed by atoms with Crippen LogP contribution in [0.2, 0.25) is 0 Å². The molecule has 4 spiro atoms. The molecule has 2 unspecified atom stereocenters. The number of hydrogen-bond acceptors (Lipinski definition) is 20. The topological polar surface area (TPSA) is 304 Å². The first kappa shape index (κ1) is 92.4. The third-order valence-electron chi connectivity index (χ3n) is 37.9. The van der Waals surface area contributed by atoms with E-state index in [0.717, 1.165) is 48.8 Å². The van der Waals surface area contributed by atoms with Gasteiger partial charge in [0.05, 0.1) is 24.4 Å². The average molecular weight is 1710 g/mol. The lowest BCUT2D eigenvalue weighted by atomic mass is 9.44. The van der Waals surface area contributed by atoms with Crippen molar-refractivity contribution in [3.8, 4) is 0 Å². The van der Waals surface area contributed by atoms with E-state index in [0.29, 0.717) is 76.4 Å². The lowest BCUT2D eigenvalue weighted by molar-refractivity contribution is -0.279. The van der Waals surface area contributed by atoms with Crippen LogP contribution in [-0.2, 0) is 57.1 Å². The summed E-state index contributed by atoms with van der Waals surface area (Å²) in [6, 6.07) is 0. The number of Topliss-reactive ketones (excluding diaryl/α,β-unsaturated/α-hetero) is 2. The highest BCUT2D eigenvalue weighted by Crippen LogP contribution is 2.79. The van der Waals surface area contributed by atoms with Crippen LogP contribution in [0.15, 0.2) is 95.2 Å². The molecule has 0 aromatic heterocycles. The number of hydrogen-bond donors (Lipinski definition) is 8. The number of alkyl halides is 4. The fourth-order valence-corrected chi connectivity index (χ4v) is 32.4. The van der Waals surface area contributed by atoms with Gasteiger partial charge in [-0.2, -0.15) is 0 Å². The fourth-order valence-electron chi connectivity index (χ4n) is 32.4. The summed E-state index contributed by atoms with van der Waals surface area (Å²) in [7, 11) is 0. The number of allylic oxidation sites excluding steroid dienone is 16. The van der Waals surface area contributed by atoms with Crippen molar-refractivity contribution < 1.29 is 115 Å². The number of ether oxygens (including phenoxy) is 8. The second-order valence-electron chi connectivity index (χ2n) is 42.8. The number of aliphatic hydroxyl groups is 8. The molecule has 16 aliphatic carbocycles. The van der Waals surface area contributed by atoms with Crippen molar-refractivity contribution in [1.82, 2.24) is 0 Å². The zero-order chi connectivity index (χ0) is 88.8. The van der Waals surface area contributed by atoms with Crippen molar-refractivity contribution in [3.63, 3.8) is 0 Å². The Labute approximate surface area is 718 Å². The van der Waals surface area contributed by atoms with E-state index in [1.807, 2.05) is 58.9 Å². The van der Waals surface area contributed by atoms with Crippen LogP contribution in [0.3, 0.4) is 0 Å². The van der Waals surface area contributed by atoms with Gasteiger partial charge in [0.2, 0.25) is 11.6 Å². The Morgan fingerprint density at radius 3 is 1.04 bits per heavy atom. The summed E-state index contributed by atoms with van der Waals surface area (Å²) in [6.07, 6.45) is 28.5. The van der Waals surface area contributed by atoms with Gasteiger partial charge in [-0.15, -0.1) is 0 Å². The highest BCUT2D eigenvalue weighted by Gasteiger charge is 2.85. The monoisotopic (exact) mass is 1710 g/mol. The van der Waals surface area contributed by atoms with Gasteiger partial charge < -0.3 is 78.7 Å². The Bertz CT molecular complexity index is 4340. The zero-order valence-electron chi connectivity index (χ0n) is 75.0. The molecule has 0 radical (unpaired) electrons. The molecule has 0 aromatic rings. The number of carbonyl (C=O) groups is 4. The summed E-state index contributed by atoms with van der Waals surface area (Å²) >= 11 is 0. The van der Waals surface area contributed by atoms with Crippen molar-refractivity contribution in [2.45, 2.75) is 320 Å². The van der Waals surface area contributed by atoms with Crippen molar-refractivity contribution in [2.24, 2.45) is 114 Å². The molecule has 24 heteroatoms. The largest absolute Gasteiger partial charge is 0.390 e. The molecule has 20 rings (SSSR count). The number of halogens is 4. The maximum Gasteiger partial charge on any atom is 0.227 e. The quantitative estimate of drug-likeness (QED) is 0.121. The summed E-state index contributed by atoms with van der Waals surface area (Å²) in [6.45, 7) is 31.4. The Kier molecular flexibility index (Phi) is 23.6. The normalized spacial score (nSPS) is 53.6. The first-order chi connectivity index (χ1) is 57.3. The molecule has 34 atom stereocenters. The minimum Gasteiger partial charge on any atom is -0.390 e. The van der Waals surface area contributed by atoms with Crippen molar-refractivity contribution >= 4 is 23.1 Å². The SMILES string of the molecule is CCC.CCC.C[C@@H]1C[C@H]2[C@@H]3CCC4=CC(=O)C=C[C@]4(C)[C@@]3(F)[C@@H](O)C[C@]2(C)[C@@]1(O)C(=O)CO.C[C@@H]1C[C@H]2[C@@H]3CCC4=CC(=O)C=C[C@]4(C)[C@@]3(F)[C@@H](O)C[C@]2(C)[C@]12OCOC21COCO1.C[C@@H]1C[C@H]2[C@@H]3CCC4=CC=CC[C@]4(C)[C@@]3(F)[C@@H](O)C[C@]2(C)[C@@]1(O)C(=O)CO.C[C@@H]1C[C@H]2[C@@H]3CCC4=CC=CC[C@]4(C)[C@@]3(F)[C@@H](O)C[C@]2(C)[C@]12OCOC21COCO1. The van der Waals surface area contributed by atoms with Gasteiger partial charge in [0.25, 0.3) is 0 Å². The van der Waals surface area contributed by atoms with E-state index in [-0.39, 0.29) is 118 Å². The Balaban J connectivity index is 0.000000124. The first-order valence-corrected chi connectivity index (χ1v) is 46.1. The first-order valence-electron chi connectivity index (χ1n) is 46.1. The molecular formula is C98H140F4O20. The molecule has 0 bridgehead atoms. The predicted octanol–water partition coefficient (Wildman–Crippen LogP) is 14.4. The lowest BCUT2D eigenvalue weighted by Crippen LogP contribution is -2.71. The molecule has 0 amide bonds.